The number of aliphatic hydroxyl groups excluding tert-OH is 1. The Hall–Kier alpha value is -1.97. The lowest BCUT2D eigenvalue weighted by Crippen LogP contribution is -2.05. The highest BCUT2D eigenvalue weighted by Crippen LogP contribution is 2.23. The van der Waals surface area contributed by atoms with Gasteiger partial charge in [0.05, 0.1) is 22.9 Å². The zero-order valence-corrected chi connectivity index (χ0v) is 11.5. The van der Waals surface area contributed by atoms with Crippen LogP contribution < -0.4 is 0 Å². The molecule has 0 saturated carbocycles. The second-order valence-corrected chi connectivity index (χ2v) is 5.00. The van der Waals surface area contributed by atoms with E-state index in [2.05, 4.69) is 9.97 Å². The van der Waals surface area contributed by atoms with Gasteiger partial charge in [-0.05, 0) is 23.8 Å². The summed E-state index contributed by atoms with van der Waals surface area (Å²) in [6, 6.07) is 15.1. The van der Waals surface area contributed by atoms with Gasteiger partial charge in [-0.2, -0.15) is 0 Å². The Labute approximate surface area is 121 Å². The van der Waals surface area contributed by atoms with Crippen molar-refractivity contribution in [2.24, 2.45) is 0 Å². The van der Waals surface area contributed by atoms with Gasteiger partial charge in [-0.15, -0.1) is 0 Å². The first-order valence-electron chi connectivity index (χ1n) is 6.37. The van der Waals surface area contributed by atoms with Gasteiger partial charge in [0.1, 0.15) is 6.10 Å². The molecule has 100 valence electrons. The number of benzene rings is 2. The second-order valence-electron chi connectivity index (χ2n) is 4.59. The Morgan fingerprint density at radius 2 is 1.70 bits per heavy atom. The van der Waals surface area contributed by atoms with Crippen LogP contribution >= 0.6 is 11.6 Å². The number of fused-ring (bicyclic) bond motifs is 1. The Morgan fingerprint density at radius 1 is 1.00 bits per heavy atom. The molecule has 1 N–H and O–H groups in total. The predicted molar refractivity (Wildman–Crippen MR) is 79.7 cm³/mol. The van der Waals surface area contributed by atoms with Gasteiger partial charge >= 0.3 is 0 Å². The van der Waals surface area contributed by atoms with E-state index in [-0.39, 0.29) is 0 Å². The maximum Gasteiger partial charge on any atom is 0.102 e. The van der Waals surface area contributed by atoms with Crippen LogP contribution in [-0.4, -0.2) is 15.1 Å². The second kappa shape index (κ2) is 5.57. The van der Waals surface area contributed by atoms with E-state index in [1.165, 1.54) is 0 Å². The third kappa shape index (κ3) is 2.64. The standard InChI is InChI=1S/C16H13ClN2O/c17-12-6-2-1-5-11(12)9-16(20)15-10-18-13-7-3-4-8-14(13)19-15/h1-8,10,16,20H,9H2. The van der Waals surface area contributed by atoms with E-state index in [1.807, 2.05) is 48.5 Å². The van der Waals surface area contributed by atoms with E-state index < -0.39 is 6.10 Å². The Bertz CT molecular complexity index is 745. The minimum Gasteiger partial charge on any atom is -0.386 e. The van der Waals surface area contributed by atoms with Crippen LogP contribution in [0, 0.1) is 0 Å². The molecule has 4 heteroatoms. The van der Waals surface area contributed by atoms with Crippen molar-refractivity contribution >= 4 is 22.6 Å². The van der Waals surface area contributed by atoms with Crippen LogP contribution in [0.2, 0.25) is 5.02 Å². The average Bonchev–Trinajstić information content (AvgIpc) is 2.49. The van der Waals surface area contributed by atoms with Crippen LogP contribution in [0.4, 0.5) is 0 Å². The Kier molecular flexibility index (Phi) is 3.63. The zero-order chi connectivity index (χ0) is 13.9. The van der Waals surface area contributed by atoms with E-state index in [4.69, 9.17) is 11.6 Å². The topological polar surface area (TPSA) is 46.0 Å². The summed E-state index contributed by atoms with van der Waals surface area (Å²) in [4.78, 5) is 8.76. The molecule has 1 aromatic heterocycles. The van der Waals surface area contributed by atoms with Crippen LogP contribution in [0.3, 0.4) is 0 Å². The first-order chi connectivity index (χ1) is 9.74. The molecule has 3 nitrogen and oxygen atoms in total. The first kappa shape index (κ1) is 13.0. The summed E-state index contributed by atoms with van der Waals surface area (Å²) >= 11 is 6.10. The van der Waals surface area contributed by atoms with Gasteiger partial charge in [-0.25, -0.2) is 4.98 Å². The smallest absolute Gasteiger partial charge is 0.102 e. The quantitative estimate of drug-likeness (QED) is 0.800. The summed E-state index contributed by atoms with van der Waals surface area (Å²) < 4.78 is 0. The van der Waals surface area contributed by atoms with E-state index in [1.54, 1.807) is 6.20 Å². The number of rotatable bonds is 3. The van der Waals surface area contributed by atoms with Crippen LogP contribution in [0.25, 0.3) is 11.0 Å². The van der Waals surface area contributed by atoms with Crippen LogP contribution in [-0.2, 0) is 6.42 Å². The fourth-order valence-corrected chi connectivity index (χ4v) is 2.32. The van der Waals surface area contributed by atoms with Gasteiger partial charge < -0.3 is 5.11 Å². The predicted octanol–water partition coefficient (Wildman–Crippen LogP) is 3.56. The number of aromatic nitrogens is 2. The van der Waals surface area contributed by atoms with Crippen molar-refractivity contribution in [2.45, 2.75) is 12.5 Å². The van der Waals surface area contributed by atoms with E-state index in [9.17, 15) is 5.11 Å². The van der Waals surface area contributed by atoms with Crippen molar-refractivity contribution in [2.75, 3.05) is 0 Å². The highest BCUT2D eigenvalue weighted by atomic mass is 35.5. The SMILES string of the molecule is OC(Cc1ccccc1Cl)c1cnc2ccccc2n1. The van der Waals surface area contributed by atoms with E-state index in [0.29, 0.717) is 17.1 Å². The summed E-state index contributed by atoms with van der Waals surface area (Å²) in [6.45, 7) is 0. The normalized spacial score (nSPS) is 12.5. The highest BCUT2D eigenvalue weighted by Gasteiger charge is 2.13. The molecule has 3 aromatic rings. The summed E-state index contributed by atoms with van der Waals surface area (Å²) in [5.74, 6) is 0. The molecule has 2 aromatic carbocycles. The van der Waals surface area contributed by atoms with Gasteiger partial charge in [0.2, 0.25) is 0 Å². The van der Waals surface area contributed by atoms with Gasteiger partial charge in [-0.3, -0.25) is 4.98 Å². The van der Waals surface area contributed by atoms with Gasteiger partial charge in [0.25, 0.3) is 0 Å². The minimum atomic E-state index is -0.716. The lowest BCUT2D eigenvalue weighted by atomic mass is 10.1. The molecule has 1 unspecified atom stereocenters. The van der Waals surface area contributed by atoms with Crippen molar-refractivity contribution < 1.29 is 5.11 Å². The number of aliphatic hydroxyl groups is 1. The van der Waals surface area contributed by atoms with Crippen molar-refractivity contribution in [3.8, 4) is 0 Å². The number of hydrogen-bond acceptors (Lipinski definition) is 3. The Morgan fingerprint density at radius 3 is 2.50 bits per heavy atom. The van der Waals surface area contributed by atoms with Gasteiger partial charge in [0.15, 0.2) is 0 Å². The van der Waals surface area contributed by atoms with Crippen molar-refractivity contribution in [1.29, 1.82) is 0 Å². The molecule has 0 saturated heterocycles. The maximum atomic E-state index is 10.3. The molecule has 0 amide bonds. The molecule has 0 aliphatic rings. The number of nitrogens with zero attached hydrogens (tertiary/aromatic N) is 2. The summed E-state index contributed by atoms with van der Waals surface area (Å²) in [5, 5.41) is 10.9. The van der Waals surface area contributed by atoms with Gasteiger partial charge in [-0.1, -0.05) is 41.9 Å². The zero-order valence-electron chi connectivity index (χ0n) is 10.7. The maximum absolute atomic E-state index is 10.3. The highest BCUT2D eigenvalue weighted by molar-refractivity contribution is 6.31. The molecule has 20 heavy (non-hydrogen) atoms. The molecule has 0 bridgehead atoms. The monoisotopic (exact) mass is 284 g/mol. The minimum absolute atomic E-state index is 0.423. The third-order valence-electron chi connectivity index (χ3n) is 3.18. The average molecular weight is 285 g/mol. The largest absolute Gasteiger partial charge is 0.386 e. The fraction of sp³-hybridized carbons (Fsp3) is 0.125. The molecule has 1 heterocycles. The Balaban J connectivity index is 1.89. The molecular weight excluding hydrogens is 272 g/mol. The lowest BCUT2D eigenvalue weighted by Gasteiger charge is -2.11. The lowest BCUT2D eigenvalue weighted by molar-refractivity contribution is 0.173. The fourth-order valence-electron chi connectivity index (χ4n) is 2.11. The molecule has 0 fully saturated rings. The first-order valence-corrected chi connectivity index (χ1v) is 6.75. The molecule has 1 atom stereocenters. The molecule has 0 aliphatic heterocycles. The molecular formula is C16H13ClN2O. The van der Waals surface area contributed by atoms with Crippen molar-refractivity contribution in [1.82, 2.24) is 9.97 Å². The molecule has 0 aliphatic carbocycles. The molecule has 0 spiro atoms. The van der Waals surface area contributed by atoms with Crippen molar-refractivity contribution in [3.63, 3.8) is 0 Å². The van der Waals surface area contributed by atoms with Crippen LogP contribution in [0.15, 0.2) is 54.7 Å². The number of para-hydroxylation sites is 2. The summed E-state index contributed by atoms with van der Waals surface area (Å²) in [5.41, 5.74) is 3.06. The summed E-state index contributed by atoms with van der Waals surface area (Å²) in [6.07, 6.45) is 1.32. The van der Waals surface area contributed by atoms with Crippen LogP contribution in [0.5, 0.6) is 0 Å². The molecule has 0 radical (unpaired) electrons. The number of hydrogen-bond donors (Lipinski definition) is 1. The molecule has 3 rings (SSSR count). The summed E-state index contributed by atoms with van der Waals surface area (Å²) in [7, 11) is 0. The van der Waals surface area contributed by atoms with E-state index in [0.717, 1.165) is 16.6 Å². The van der Waals surface area contributed by atoms with Crippen LogP contribution in [0.1, 0.15) is 17.4 Å². The third-order valence-corrected chi connectivity index (χ3v) is 3.55. The van der Waals surface area contributed by atoms with Crippen molar-refractivity contribution in [3.05, 3.63) is 71.0 Å². The van der Waals surface area contributed by atoms with Gasteiger partial charge in [0, 0.05) is 11.4 Å². The van der Waals surface area contributed by atoms with E-state index >= 15 is 0 Å². The number of halogens is 1.